The van der Waals surface area contributed by atoms with Gasteiger partial charge >= 0.3 is 0 Å². The molecule has 1 aromatic carbocycles. The summed E-state index contributed by atoms with van der Waals surface area (Å²) < 4.78 is 13.4. The monoisotopic (exact) mass is 423 g/mol. The largest absolute Gasteiger partial charge is 0.481 e. The van der Waals surface area contributed by atoms with Crippen LogP contribution in [-0.4, -0.2) is 16.7 Å². The topological polar surface area (TPSA) is 60.2 Å². The number of hydrogen-bond acceptors (Lipinski definition) is 6. The minimum absolute atomic E-state index is 0.180. The number of aromatic nitrogens is 2. The second-order valence-electron chi connectivity index (χ2n) is 7.58. The number of aryl methyl sites for hydroxylation is 1. The van der Waals surface area contributed by atoms with Crippen molar-refractivity contribution in [3.63, 3.8) is 0 Å². The number of rotatable bonds is 2. The first kappa shape index (κ1) is 17.4. The first-order valence-corrected chi connectivity index (χ1v) is 10.9. The van der Waals surface area contributed by atoms with Gasteiger partial charge in [-0.2, -0.15) is 0 Å². The van der Waals surface area contributed by atoms with Crippen LogP contribution in [0.25, 0.3) is 21.3 Å². The van der Waals surface area contributed by atoms with Gasteiger partial charge in [0.15, 0.2) is 11.9 Å². The lowest BCUT2D eigenvalue weighted by Crippen LogP contribution is -2.24. The average molecular weight is 424 g/mol. The minimum atomic E-state index is -0.180. The molecular weight excluding hydrogens is 406 g/mol. The van der Waals surface area contributed by atoms with Crippen molar-refractivity contribution in [2.24, 2.45) is 0 Å². The summed E-state index contributed by atoms with van der Waals surface area (Å²) in [6.07, 6.45) is 3.29. The average Bonchev–Trinajstić information content (AvgIpc) is 3.41. The molecule has 0 amide bonds. The number of hydrogen-bond donors (Lipinski definition) is 1. The molecule has 29 heavy (non-hydrogen) atoms. The Morgan fingerprint density at radius 2 is 2.17 bits per heavy atom. The Bertz CT molecular complexity index is 1260. The Balaban J connectivity index is 1.46. The molecule has 2 aliphatic rings. The van der Waals surface area contributed by atoms with Gasteiger partial charge in [-0.25, -0.2) is 0 Å². The number of halogens is 1. The molecule has 0 fully saturated rings. The molecule has 0 radical (unpaired) electrons. The van der Waals surface area contributed by atoms with E-state index in [1.54, 1.807) is 11.3 Å². The van der Waals surface area contributed by atoms with Gasteiger partial charge < -0.3 is 14.6 Å². The van der Waals surface area contributed by atoms with E-state index in [0.29, 0.717) is 5.02 Å². The lowest BCUT2D eigenvalue weighted by molar-refractivity contribution is 0.189. The number of fused-ring (bicyclic) bond motifs is 3. The van der Waals surface area contributed by atoms with E-state index in [2.05, 4.69) is 28.4 Å². The molecular formula is C22H18ClN3O2S. The summed E-state index contributed by atoms with van der Waals surface area (Å²) in [6, 6.07) is 8.15. The van der Waals surface area contributed by atoms with Gasteiger partial charge in [0.25, 0.3) is 0 Å². The fourth-order valence-corrected chi connectivity index (χ4v) is 5.59. The minimum Gasteiger partial charge on any atom is -0.481 e. The van der Waals surface area contributed by atoms with Gasteiger partial charge in [0.2, 0.25) is 0 Å². The van der Waals surface area contributed by atoms with Crippen LogP contribution in [-0.2, 0) is 19.4 Å². The summed E-state index contributed by atoms with van der Waals surface area (Å²) in [4.78, 5) is 5.75. The molecule has 1 unspecified atom stereocenters. The fourth-order valence-electron chi connectivity index (χ4n) is 4.36. The standard InChI is InChI=1S/C22H18ClN3O2S/c1-11-6-18-22(29-11)14(2-5-25-18)15-9-13(23)7-12-8-19(27-20(12)15)21-16-10-24-4-3-17(16)26-28-21/h2,5-7,9,19,24H,3-4,8,10H2,1H3. The third-order valence-corrected chi connectivity index (χ3v) is 6.95. The van der Waals surface area contributed by atoms with Crippen molar-refractivity contribution in [1.29, 1.82) is 0 Å². The van der Waals surface area contributed by atoms with Gasteiger partial charge in [-0.1, -0.05) is 16.8 Å². The number of pyridine rings is 1. The Labute approximate surface area is 176 Å². The molecule has 7 heteroatoms. The van der Waals surface area contributed by atoms with Gasteiger partial charge in [0.05, 0.1) is 15.9 Å². The van der Waals surface area contributed by atoms with Gasteiger partial charge in [-0.15, -0.1) is 11.3 Å². The number of nitrogens with one attached hydrogen (secondary N) is 1. The van der Waals surface area contributed by atoms with E-state index in [9.17, 15) is 0 Å². The molecule has 5 nitrogen and oxygen atoms in total. The number of nitrogens with zero attached hydrogens (tertiary/aromatic N) is 2. The highest BCUT2D eigenvalue weighted by Crippen LogP contribution is 2.47. The molecule has 0 aliphatic carbocycles. The predicted molar refractivity (Wildman–Crippen MR) is 114 cm³/mol. The van der Waals surface area contributed by atoms with Crippen molar-refractivity contribution in [3.05, 3.63) is 62.9 Å². The van der Waals surface area contributed by atoms with Crippen molar-refractivity contribution >= 4 is 33.2 Å². The molecule has 2 aliphatic heterocycles. The highest BCUT2D eigenvalue weighted by molar-refractivity contribution is 7.19. The summed E-state index contributed by atoms with van der Waals surface area (Å²) in [5.41, 5.74) is 6.40. The SMILES string of the molecule is Cc1cc2nccc(-c3cc(Cl)cc4c3OC(c3onc5c3CNCC5)C4)c2s1. The maximum Gasteiger partial charge on any atom is 0.182 e. The molecule has 6 rings (SSSR count). The third kappa shape index (κ3) is 2.78. The second kappa shape index (κ2) is 6.55. The lowest BCUT2D eigenvalue weighted by Gasteiger charge is -2.15. The van der Waals surface area contributed by atoms with Crippen molar-refractivity contribution in [2.75, 3.05) is 6.54 Å². The summed E-state index contributed by atoms with van der Waals surface area (Å²) in [7, 11) is 0. The van der Waals surface area contributed by atoms with Gasteiger partial charge in [0.1, 0.15) is 5.75 Å². The molecule has 5 heterocycles. The normalized spacial score (nSPS) is 17.9. The summed E-state index contributed by atoms with van der Waals surface area (Å²) in [6.45, 7) is 3.81. The predicted octanol–water partition coefficient (Wildman–Crippen LogP) is 5.24. The highest BCUT2D eigenvalue weighted by Gasteiger charge is 2.34. The summed E-state index contributed by atoms with van der Waals surface area (Å²) in [5, 5.41) is 8.39. The van der Waals surface area contributed by atoms with Crippen LogP contribution in [0.15, 0.2) is 35.0 Å². The number of thiophene rings is 1. The van der Waals surface area contributed by atoms with Gasteiger partial charge in [-0.05, 0) is 31.2 Å². The lowest BCUT2D eigenvalue weighted by atomic mass is 9.99. The summed E-state index contributed by atoms with van der Waals surface area (Å²) >= 11 is 8.25. The zero-order valence-corrected chi connectivity index (χ0v) is 17.4. The van der Waals surface area contributed by atoms with Crippen LogP contribution >= 0.6 is 22.9 Å². The maximum atomic E-state index is 6.51. The Kier molecular flexibility index (Phi) is 3.94. The van der Waals surface area contributed by atoms with E-state index in [1.807, 2.05) is 24.4 Å². The molecule has 146 valence electrons. The van der Waals surface area contributed by atoms with E-state index in [4.69, 9.17) is 20.9 Å². The third-order valence-electron chi connectivity index (χ3n) is 5.65. The Hall–Kier alpha value is -2.41. The van der Waals surface area contributed by atoms with Crippen LogP contribution < -0.4 is 10.1 Å². The van der Waals surface area contributed by atoms with E-state index in [-0.39, 0.29) is 6.10 Å². The molecule has 3 aromatic heterocycles. The number of ether oxygens (including phenoxy) is 1. The van der Waals surface area contributed by atoms with Crippen molar-refractivity contribution in [3.8, 4) is 16.9 Å². The van der Waals surface area contributed by atoms with E-state index >= 15 is 0 Å². The Morgan fingerprint density at radius 1 is 1.24 bits per heavy atom. The van der Waals surface area contributed by atoms with Crippen LogP contribution in [0.2, 0.25) is 5.02 Å². The zero-order chi connectivity index (χ0) is 19.5. The van der Waals surface area contributed by atoms with Crippen LogP contribution in [0.3, 0.4) is 0 Å². The first-order chi connectivity index (χ1) is 14.2. The molecule has 0 bridgehead atoms. The smallest absolute Gasteiger partial charge is 0.182 e. The van der Waals surface area contributed by atoms with Gasteiger partial charge in [0, 0.05) is 64.3 Å². The van der Waals surface area contributed by atoms with Crippen molar-refractivity contribution < 1.29 is 9.26 Å². The quantitative estimate of drug-likeness (QED) is 0.478. The van der Waals surface area contributed by atoms with Crippen molar-refractivity contribution in [2.45, 2.75) is 32.4 Å². The van der Waals surface area contributed by atoms with E-state index < -0.39 is 0 Å². The zero-order valence-electron chi connectivity index (χ0n) is 15.8. The fraction of sp³-hybridized carbons (Fsp3) is 0.273. The molecule has 0 spiro atoms. The van der Waals surface area contributed by atoms with Crippen LogP contribution in [0.1, 0.15) is 33.6 Å². The summed E-state index contributed by atoms with van der Waals surface area (Å²) in [5.74, 6) is 1.71. The second-order valence-corrected chi connectivity index (χ2v) is 9.27. The molecule has 1 N–H and O–H groups in total. The van der Waals surface area contributed by atoms with Crippen LogP contribution in [0.5, 0.6) is 5.75 Å². The first-order valence-electron chi connectivity index (χ1n) is 9.70. The molecule has 0 saturated carbocycles. The van der Waals surface area contributed by atoms with Crippen LogP contribution in [0, 0.1) is 6.92 Å². The van der Waals surface area contributed by atoms with Crippen molar-refractivity contribution in [1.82, 2.24) is 15.5 Å². The highest BCUT2D eigenvalue weighted by atomic mass is 35.5. The number of benzene rings is 1. The Morgan fingerprint density at radius 3 is 3.10 bits per heavy atom. The molecule has 0 saturated heterocycles. The van der Waals surface area contributed by atoms with Gasteiger partial charge in [-0.3, -0.25) is 4.98 Å². The van der Waals surface area contributed by atoms with E-state index in [1.165, 1.54) is 4.88 Å². The van der Waals surface area contributed by atoms with Crippen LogP contribution in [0.4, 0.5) is 0 Å². The molecule has 1 atom stereocenters. The van der Waals surface area contributed by atoms with E-state index in [0.717, 1.165) is 75.6 Å². The molecule has 4 aromatic rings. The maximum absolute atomic E-state index is 6.51.